The van der Waals surface area contributed by atoms with Gasteiger partial charge in [-0.25, -0.2) is 0 Å². The first-order valence-corrected chi connectivity index (χ1v) is 6.89. The predicted octanol–water partition coefficient (Wildman–Crippen LogP) is 2.66. The lowest BCUT2D eigenvalue weighted by Gasteiger charge is -2.19. The Hall–Kier alpha value is 0.400. The first-order chi connectivity index (χ1) is 6.86. The molecule has 0 N–H and O–H groups in total. The van der Waals surface area contributed by atoms with Gasteiger partial charge in [-0.3, -0.25) is 0 Å². The van der Waals surface area contributed by atoms with Crippen molar-refractivity contribution in [2.24, 2.45) is 0 Å². The number of rotatable bonds is 7. The van der Waals surface area contributed by atoms with Crippen LogP contribution in [0.4, 0.5) is 0 Å². The summed E-state index contributed by atoms with van der Waals surface area (Å²) < 4.78 is 5.60. The highest BCUT2D eigenvalue weighted by Gasteiger charge is 2.14. The van der Waals surface area contributed by atoms with Crippen LogP contribution in [0.5, 0.6) is 0 Å². The van der Waals surface area contributed by atoms with Crippen LogP contribution in [-0.2, 0) is 4.74 Å². The van der Waals surface area contributed by atoms with Gasteiger partial charge in [-0.1, -0.05) is 22.9 Å². The first kappa shape index (κ1) is 12.5. The Labute approximate surface area is 96.1 Å². The molecule has 1 heterocycles. The third kappa shape index (κ3) is 4.76. The van der Waals surface area contributed by atoms with E-state index in [-0.39, 0.29) is 0 Å². The van der Waals surface area contributed by atoms with Crippen LogP contribution < -0.4 is 0 Å². The zero-order valence-corrected chi connectivity index (χ0v) is 10.8. The highest BCUT2D eigenvalue weighted by molar-refractivity contribution is 9.09. The summed E-state index contributed by atoms with van der Waals surface area (Å²) in [4.78, 5) is 2.49. The molecule has 84 valence electrons. The maximum absolute atomic E-state index is 5.60. The van der Waals surface area contributed by atoms with Crippen LogP contribution in [0.25, 0.3) is 0 Å². The standard InChI is InChI=1S/C11H22BrNO/c1-2-13(9-7-12)8-3-5-11-6-4-10-14-11/h11H,2-10H2,1H3. The Kier molecular flexibility index (Phi) is 6.82. The smallest absolute Gasteiger partial charge is 0.0576 e. The maximum atomic E-state index is 5.60. The quantitative estimate of drug-likeness (QED) is 0.655. The second kappa shape index (κ2) is 7.66. The van der Waals surface area contributed by atoms with Crippen LogP contribution in [0.3, 0.4) is 0 Å². The van der Waals surface area contributed by atoms with Crippen LogP contribution in [0.2, 0.25) is 0 Å². The van der Waals surface area contributed by atoms with Gasteiger partial charge in [-0.05, 0) is 38.8 Å². The van der Waals surface area contributed by atoms with E-state index >= 15 is 0 Å². The van der Waals surface area contributed by atoms with Crippen molar-refractivity contribution in [1.29, 1.82) is 0 Å². The Morgan fingerprint density at radius 2 is 2.29 bits per heavy atom. The number of hydrogen-bond acceptors (Lipinski definition) is 2. The molecule has 0 saturated carbocycles. The zero-order chi connectivity index (χ0) is 10.2. The van der Waals surface area contributed by atoms with E-state index in [1.165, 1.54) is 38.8 Å². The molecule has 0 spiro atoms. The van der Waals surface area contributed by atoms with E-state index in [1.54, 1.807) is 0 Å². The molecule has 1 rings (SSSR count). The Morgan fingerprint density at radius 1 is 1.43 bits per heavy atom. The van der Waals surface area contributed by atoms with Gasteiger partial charge in [0.25, 0.3) is 0 Å². The molecule has 1 unspecified atom stereocenters. The molecular weight excluding hydrogens is 242 g/mol. The fraction of sp³-hybridized carbons (Fsp3) is 1.00. The van der Waals surface area contributed by atoms with Gasteiger partial charge in [0.15, 0.2) is 0 Å². The van der Waals surface area contributed by atoms with Gasteiger partial charge in [-0.2, -0.15) is 0 Å². The minimum Gasteiger partial charge on any atom is -0.378 e. The van der Waals surface area contributed by atoms with Crippen molar-refractivity contribution in [2.75, 3.05) is 31.6 Å². The van der Waals surface area contributed by atoms with Gasteiger partial charge < -0.3 is 9.64 Å². The second-order valence-electron chi connectivity index (χ2n) is 3.90. The summed E-state index contributed by atoms with van der Waals surface area (Å²) in [6, 6.07) is 0. The third-order valence-electron chi connectivity index (χ3n) is 2.87. The lowest BCUT2D eigenvalue weighted by molar-refractivity contribution is 0.0992. The van der Waals surface area contributed by atoms with Crippen molar-refractivity contribution in [3.05, 3.63) is 0 Å². The van der Waals surface area contributed by atoms with Crippen LogP contribution in [0, 0.1) is 0 Å². The minimum absolute atomic E-state index is 0.567. The van der Waals surface area contributed by atoms with Gasteiger partial charge >= 0.3 is 0 Å². The molecule has 1 saturated heterocycles. The fourth-order valence-electron chi connectivity index (χ4n) is 1.96. The first-order valence-electron chi connectivity index (χ1n) is 5.76. The average Bonchev–Trinajstić information content (AvgIpc) is 2.69. The van der Waals surface area contributed by atoms with Gasteiger partial charge in [0, 0.05) is 18.5 Å². The highest BCUT2D eigenvalue weighted by Crippen LogP contribution is 2.16. The molecule has 0 radical (unpaired) electrons. The number of hydrogen-bond donors (Lipinski definition) is 0. The summed E-state index contributed by atoms with van der Waals surface area (Å²) in [6.07, 6.45) is 5.65. The molecule has 1 fully saturated rings. The summed E-state index contributed by atoms with van der Waals surface area (Å²) in [5, 5.41) is 1.08. The molecular formula is C11H22BrNO. The fourth-order valence-corrected chi connectivity index (χ4v) is 2.46. The Morgan fingerprint density at radius 3 is 2.86 bits per heavy atom. The maximum Gasteiger partial charge on any atom is 0.0576 e. The van der Waals surface area contributed by atoms with E-state index in [2.05, 4.69) is 27.8 Å². The van der Waals surface area contributed by atoms with Gasteiger partial charge in [0.1, 0.15) is 0 Å². The molecule has 14 heavy (non-hydrogen) atoms. The van der Waals surface area contributed by atoms with Gasteiger partial charge in [-0.15, -0.1) is 0 Å². The molecule has 1 atom stereocenters. The predicted molar refractivity (Wildman–Crippen MR) is 64.1 cm³/mol. The summed E-state index contributed by atoms with van der Waals surface area (Å²) in [5.41, 5.74) is 0. The third-order valence-corrected chi connectivity index (χ3v) is 3.23. The monoisotopic (exact) mass is 263 g/mol. The minimum atomic E-state index is 0.567. The number of halogens is 1. The normalized spacial score (nSPS) is 22.1. The summed E-state index contributed by atoms with van der Waals surface area (Å²) in [5.74, 6) is 0. The van der Waals surface area contributed by atoms with Crippen LogP contribution >= 0.6 is 15.9 Å². The van der Waals surface area contributed by atoms with Gasteiger partial charge in [0.2, 0.25) is 0 Å². The lowest BCUT2D eigenvalue weighted by atomic mass is 10.1. The topological polar surface area (TPSA) is 12.5 Å². The van der Waals surface area contributed by atoms with Crippen molar-refractivity contribution in [3.63, 3.8) is 0 Å². The van der Waals surface area contributed by atoms with Gasteiger partial charge in [0.05, 0.1) is 6.10 Å². The van der Waals surface area contributed by atoms with Crippen LogP contribution in [0.15, 0.2) is 0 Å². The van der Waals surface area contributed by atoms with Crippen LogP contribution in [0.1, 0.15) is 32.6 Å². The number of alkyl halides is 1. The van der Waals surface area contributed by atoms with E-state index in [0.717, 1.165) is 18.5 Å². The Bertz CT molecular complexity index is 137. The largest absolute Gasteiger partial charge is 0.378 e. The SMILES string of the molecule is CCN(CCBr)CCCC1CCCO1. The van der Waals surface area contributed by atoms with Crippen molar-refractivity contribution in [1.82, 2.24) is 4.90 Å². The summed E-state index contributed by atoms with van der Waals surface area (Å²) in [7, 11) is 0. The molecule has 0 bridgehead atoms. The number of ether oxygens (including phenoxy) is 1. The molecule has 1 aliphatic rings. The summed E-state index contributed by atoms with van der Waals surface area (Å²) in [6.45, 7) is 6.78. The molecule has 0 aromatic heterocycles. The molecule has 0 amide bonds. The van der Waals surface area contributed by atoms with E-state index in [1.807, 2.05) is 0 Å². The molecule has 2 nitrogen and oxygen atoms in total. The summed E-state index contributed by atoms with van der Waals surface area (Å²) >= 11 is 3.48. The average molecular weight is 264 g/mol. The number of nitrogens with zero attached hydrogens (tertiary/aromatic N) is 1. The van der Waals surface area contributed by atoms with Crippen molar-refractivity contribution in [3.8, 4) is 0 Å². The molecule has 0 aliphatic carbocycles. The molecule has 3 heteroatoms. The van der Waals surface area contributed by atoms with E-state index in [4.69, 9.17) is 4.74 Å². The second-order valence-corrected chi connectivity index (χ2v) is 4.69. The van der Waals surface area contributed by atoms with E-state index in [0.29, 0.717) is 6.10 Å². The molecule has 0 aromatic rings. The van der Waals surface area contributed by atoms with Crippen molar-refractivity contribution < 1.29 is 4.74 Å². The van der Waals surface area contributed by atoms with Crippen molar-refractivity contribution >= 4 is 15.9 Å². The highest BCUT2D eigenvalue weighted by atomic mass is 79.9. The molecule has 1 aliphatic heterocycles. The van der Waals surface area contributed by atoms with Crippen molar-refractivity contribution in [2.45, 2.75) is 38.7 Å². The van der Waals surface area contributed by atoms with Crippen LogP contribution in [-0.4, -0.2) is 42.6 Å². The van der Waals surface area contributed by atoms with E-state index < -0.39 is 0 Å². The molecule has 0 aromatic carbocycles. The lowest BCUT2D eigenvalue weighted by Crippen LogP contribution is -2.27. The Balaban J connectivity index is 2.00. The van der Waals surface area contributed by atoms with E-state index in [9.17, 15) is 0 Å². The zero-order valence-electron chi connectivity index (χ0n) is 9.17.